The first-order chi connectivity index (χ1) is 9.16. The Morgan fingerprint density at radius 2 is 2.10 bits per heavy atom. The predicted octanol–water partition coefficient (Wildman–Crippen LogP) is 3.41. The third-order valence-corrected chi connectivity index (χ3v) is 3.74. The van der Waals surface area contributed by atoms with Gasteiger partial charge in [0.2, 0.25) is 0 Å². The molecule has 0 radical (unpaired) electrons. The number of nitrogen functional groups attached to an aromatic ring is 1. The molecule has 0 heterocycles. The summed E-state index contributed by atoms with van der Waals surface area (Å²) in [6.45, 7) is 9.62. The van der Waals surface area contributed by atoms with Crippen molar-refractivity contribution in [3.63, 3.8) is 0 Å². The van der Waals surface area contributed by atoms with Gasteiger partial charge in [0.15, 0.2) is 6.10 Å². The fourth-order valence-electron chi connectivity index (χ4n) is 1.67. The summed E-state index contributed by atoms with van der Waals surface area (Å²) < 4.78 is 6.62. The quantitative estimate of drug-likeness (QED) is 0.806. The van der Waals surface area contributed by atoms with E-state index in [1.807, 2.05) is 33.8 Å². The molecule has 0 fully saturated rings. The zero-order valence-electron chi connectivity index (χ0n) is 12.7. The second kappa shape index (κ2) is 6.48. The molecule has 112 valence electrons. The predicted molar refractivity (Wildman–Crippen MR) is 85.9 cm³/mol. The first-order valence-electron chi connectivity index (χ1n) is 6.70. The van der Waals surface area contributed by atoms with Crippen LogP contribution in [0.15, 0.2) is 16.6 Å². The van der Waals surface area contributed by atoms with Crippen LogP contribution in [0.2, 0.25) is 0 Å². The molecule has 1 amide bonds. The van der Waals surface area contributed by atoms with Crippen LogP contribution in [0, 0.1) is 6.92 Å². The highest BCUT2D eigenvalue weighted by molar-refractivity contribution is 9.10. The Labute approximate surface area is 129 Å². The molecule has 0 bridgehead atoms. The van der Waals surface area contributed by atoms with Crippen LogP contribution >= 0.6 is 15.9 Å². The average Bonchev–Trinajstić information content (AvgIpc) is 2.32. The highest BCUT2D eigenvalue weighted by atomic mass is 79.9. The second-order valence-electron chi connectivity index (χ2n) is 5.63. The number of amides is 1. The Morgan fingerprint density at radius 3 is 2.60 bits per heavy atom. The molecule has 0 saturated heterocycles. The van der Waals surface area contributed by atoms with Gasteiger partial charge < -0.3 is 15.8 Å². The number of ether oxygens (including phenoxy) is 1. The Hall–Kier alpha value is -1.23. The lowest BCUT2D eigenvalue weighted by Crippen LogP contribution is -2.48. The van der Waals surface area contributed by atoms with Crippen LogP contribution in [0.4, 0.5) is 5.69 Å². The van der Waals surface area contributed by atoms with Gasteiger partial charge in [-0.15, -0.1) is 0 Å². The number of rotatable bonds is 5. The van der Waals surface area contributed by atoms with E-state index in [0.717, 1.165) is 16.5 Å². The van der Waals surface area contributed by atoms with Crippen molar-refractivity contribution in [2.75, 3.05) is 5.73 Å². The van der Waals surface area contributed by atoms with Gasteiger partial charge in [-0.2, -0.15) is 0 Å². The number of halogens is 1. The van der Waals surface area contributed by atoms with Crippen molar-refractivity contribution in [3.8, 4) is 5.75 Å². The van der Waals surface area contributed by atoms with Crippen molar-refractivity contribution < 1.29 is 9.53 Å². The zero-order chi connectivity index (χ0) is 15.5. The van der Waals surface area contributed by atoms with E-state index in [0.29, 0.717) is 11.4 Å². The molecule has 1 aromatic carbocycles. The maximum atomic E-state index is 12.1. The molecule has 3 N–H and O–H groups in total. The van der Waals surface area contributed by atoms with Gasteiger partial charge in [-0.1, -0.05) is 22.9 Å². The number of nitrogens with two attached hydrogens (primary N) is 1. The number of hydrogen-bond donors (Lipinski definition) is 2. The van der Waals surface area contributed by atoms with Gasteiger partial charge in [0.1, 0.15) is 5.75 Å². The van der Waals surface area contributed by atoms with Crippen LogP contribution in [-0.4, -0.2) is 17.6 Å². The lowest BCUT2D eigenvalue weighted by molar-refractivity contribution is -0.128. The van der Waals surface area contributed by atoms with Gasteiger partial charge in [0, 0.05) is 10.0 Å². The molecule has 20 heavy (non-hydrogen) atoms. The van der Waals surface area contributed by atoms with E-state index in [2.05, 4.69) is 21.2 Å². The number of nitrogens with one attached hydrogen (secondary N) is 1. The topological polar surface area (TPSA) is 64.3 Å². The first kappa shape index (κ1) is 16.8. The first-order valence-corrected chi connectivity index (χ1v) is 7.50. The van der Waals surface area contributed by atoms with Crippen molar-refractivity contribution in [2.45, 2.75) is 52.7 Å². The molecule has 0 aliphatic heterocycles. The minimum atomic E-state index is -0.594. The summed E-state index contributed by atoms with van der Waals surface area (Å²) in [4.78, 5) is 12.1. The van der Waals surface area contributed by atoms with Crippen LogP contribution in [0.3, 0.4) is 0 Å². The fraction of sp³-hybridized carbons (Fsp3) is 0.533. The number of benzene rings is 1. The molecular weight excluding hydrogens is 320 g/mol. The lowest BCUT2D eigenvalue weighted by Gasteiger charge is -2.27. The minimum Gasteiger partial charge on any atom is -0.478 e. The SMILES string of the molecule is CCC(C)(C)NC(=O)C(C)Oc1c(C)cc(Br)cc1N. The molecule has 1 unspecified atom stereocenters. The number of hydrogen-bond acceptors (Lipinski definition) is 3. The number of carbonyl (C=O) groups is 1. The fourth-order valence-corrected chi connectivity index (χ4v) is 2.26. The van der Waals surface area contributed by atoms with E-state index < -0.39 is 6.10 Å². The molecule has 0 aliphatic carbocycles. The van der Waals surface area contributed by atoms with Crippen LogP contribution in [0.25, 0.3) is 0 Å². The number of carbonyl (C=O) groups excluding carboxylic acids is 1. The van der Waals surface area contributed by atoms with Crippen molar-refractivity contribution in [1.82, 2.24) is 5.32 Å². The van der Waals surface area contributed by atoms with Crippen molar-refractivity contribution in [1.29, 1.82) is 0 Å². The number of aryl methyl sites for hydroxylation is 1. The standard InChI is InChI=1S/C15H23BrN2O2/c1-6-15(4,5)18-14(19)10(3)20-13-9(2)7-11(16)8-12(13)17/h7-8,10H,6,17H2,1-5H3,(H,18,19). The van der Waals surface area contributed by atoms with Crippen molar-refractivity contribution >= 4 is 27.5 Å². The molecule has 1 aromatic rings. The smallest absolute Gasteiger partial charge is 0.261 e. The second-order valence-corrected chi connectivity index (χ2v) is 6.54. The molecule has 0 aromatic heterocycles. The van der Waals surface area contributed by atoms with Gasteiger partial charge in [0.25, 0.3) is 5.91 Å². The molecule has 0 aliphatic rings. The number of anilines is 1. The monoisotopic (exact) mass is 342 g/mol. The van der Waals surface area contributed by atoms with Gasteiger partial charge in [-0.05, 0) is 51.8 Å². The molecule has 5 heteroatoms. The highest BCUT2D eigenvalue weighted by Crippen LogP contribution is 2.30. The van der Waals surface area contributed by atoms with Gasteiger partial charge in [-0.25, -0.2) is 0 Å². The van der Waals surface area contributed by atoms with Gasteiger partial charge in [0.05, 0.1) is 5.69 Å². The third-order valence-electron chi connectivity index (χ3n) is 3.28. The van der Waals surface area contributed by atoms with E-state index in [9.17, 15) is 4.79 Å². The average molecular weight is 343 g/mol. The van der Waals surface area contributed by atoms with E-state index in [1.165, 1.54) is 0 Å². The Bertz CT molecular complexity index is 478. The lowest BCUT2D eigenvalue weighted by atomic mass is 10.0. The summed E-state index contributed by atoms with van der Waals surface area (Å²) in [5.41, 5.74) is 7.11. The van der Waals surface area contributed by atoms with Crippen molar-refractivity contribution in [3.05, 3.63) is 22.2 Å². The Kier molecular flexibility index (Phi) is 5.45. The molecule has 1 atom stereocenters. The summed E-state index contributed by atoms with van der Waals surface area (Å²) in [5, 5.41) is 2.96. The molecule has 0 saturated carbocycles. The summed E-state index contributed by atoms with van der Waals surface area (Å²) in [7, 11) is 0. The van der Waals surface area contributed by atoms with Crippen LogP contribution in [-0.2, 0) is 4.79 Å². The summed E-state index contributed by atoms with van der Waals surface area (Å²) >= 11 is 3.38. The summed E-state index contributed by atoms with van der Waals surface area (Å²) in [6.07, 6.45) is 0.258. The zero-order valence-corrected chi connectivity index (χ0v) is 14.3. The van der Waals surface area contributed by atoms with Gasteiger partial charge >= 0.3 is 0 Å². The van der Waals surface area contributed by atoms with Crippen LogP contribution in [0.5, 0.6) is 5.75 Å². The molecular formula is C15H23BrN2O2. The highest BCUT2D eigenvalue weighted by Gasteiger charge is 2.23. The van der Waals surface area contributed by atoms with E-state index in [4.69, 9.17) is 10.5 Å². The normalized spacial score (nSPS) is 12.9. The maximum Gasteiger partial charge on any atom is 0.261 e. The Balaban J connectivity index is 2.81. The van der Waals surface area contributed by atoms with Crippen molar-refractivity contribution in [2.24, 2.45) is 0 Å². The van der Waals surface area contributed by atoms with Crippen LogP contribution < -0.4 is 15.8 Å². The molecule has 1 rings (SSSR count). The van der Waals surface area contributed by atoms with E-state index in [-0.39, 0.29) is 11.4 Å². The third kappa shape index (κ3) is 4.40. The largest absolute Gasteiger partial charge is 0.478 e. The van der Waals surface area contributed by atoms with E-state index >= 15 is 0 Å². The molecule has 4 nitrogen and oxygen atoms in total. The van der Waals surface area contributed by atoms with E-state index in [1.54, 1.807) is 13.0 Å². The Morgan fingerprint density at radius 1 is 1.50 bits per heavy atom. The maximum absolute atomic E-state index is 12.1. The minimum absolute atomic E-state index is 0.140. The molecule has 0 spiro atoms. The van der Waals surface area contributed by atoms with Crippen LogP contribution in [0.1, 0.15) is 39.7 Å². The summed E-state index contributed by atoms with van der Waals surface area (Å²) in [6, 6.07) is 3.68. The summed E-state index contributed by atoms with van der Waals surface area (Å²) in [5.74, 6) is 0.420. The van der Waals surface area contributed by atoms with Gasteiger partial charge in [-0.3, -0.25) is 4.79 Å².